The van der Waals surface area contributed by atoms with Crippen LogP contribution in [0.5, 0.6) is 0 Å². The Hall–Kier alpha value is 2.57. The maximum absolute atomic E-state index is 13.8. The number of hydrogen-bond donors (Lipinski definition) is 0. The van der Waals surface area contributed by atoms with Crippen molar-refractivity contribution in [3.05, 3.63) is 0 Å². The van der Waals surface area contributed by atoms with Crippen LogP contribution in [0.4, 0.5) is 0 Å². The summed E-state index contributed by atoms with van der Waals surface area (Å²) in [6.07, 6.45) is -12.4. The normalized spacial score (nSPS) is 14.2. The molecule has 0 saturated carbocycles. The van der Waals surface area contributed by atoms with Gasteiger partial charge in [-0.15, -0.1) is 0 Å². The zero-order valence-electron chi connectivity index (χ0n) is 22.2. The standard InChI is InChI=1S/C18H42AsO9P3Se3/c1-13(2)23-29(20,24-14(3)4)32-19(33-30(21,25-15(5)6)26-16(7)8)34-31(22,27-17(9)10)28-18(11)12/h13-18H,1-12H3. The summed E-state index contributed by atoms with van der Waals surface area (Å²) < 4.78 is 76.3. The molecule has 0 saturated heterocycles. The van der Waals surface area contributed by atoms with Gasteiger partial charge in [-0.2, -0.15) is 0 Å². The summed E-state index contributed by atoms with van der Waals surface area (Å²) >= 11 is -2.04. The van der Waals surface area contributed by atoms with Crippen molar-refractivity contribution in [3.63, 3.8) is 0 Å². The van der Waals surface area contributed by atoms with Gasteiger partial charge in [0.25, 0.3) is 0 Å². The van der Waals surface area contributed by atoms with Crippen LogP contribution in [0.2, 0.25) is 0 Å². The molecule has 0 spiro atoms. The van der Waals surface area contributed by atoms with Crippen LogP contribution in [0, 0.1) is 0 Å². The van der Waals surface area contributed by atoms with Crippen LogP contribution in [0.25, 0.3) is 0 Å². The first kappa shape index (κ1) is 36.6. The van der Waals surface area contributed by atoms with Gasteiger partial charge in [0.2, 0.25) is 0 Å². The second-order valence-corrected chi connectivity index (χ2v) is 71.9. The summed E-state index contributed by atoms with van der Waals surface area (Å²) in [7, 11) is -2.40. The fourth-order valence-electron chi connectivity index (χ4n) is 2.03. The molecule has 0 aliphatic carbocycles. The fraction of sp³-hybridized carbons (Fsp3) is 1.00. The molecule has 0 bridgehead atoms. The second-order valence-electron chi connectivity index (χ2n) is 8.74. The fourth-order valence-corrected chi connectivity index (χ4v) is 180. The van der Waals surface area contributed by atoms with Crippen LogP contribution in [0.15, 0.2) is 0 Å². The van der Waals surface area contributed by atoms with Gasteiger partial charge in [0.05, 0.1) is 0 Å². The maximum atomic E-state index is 13.8. The summed E-state index contributed by atoms with van der Waals surface area (Å²) in [6.45, 7) is 21.5. The molecule has 0 atom stereocenters. The molecule has 34 heavy (non-hydrogen) atoms. The van der Waals surface area contributed by atoms with E-state index in [1.54, 1.807) is 83.1 Å². The molecule has 0 aromatic rings. The third-order valence-corrected chi connectivity index (χ3v) is 118. The van der Waals surface area contributed by atoms with E-state index < -0.39 is 65.4 Å². The molecule has 0 unspecified atom stereocenters. The Morgan fingerprint density at radius 2 is 0.559 bits per heavy atom. The third kappa shape index (κ3) is 17.2. The van der Waals surface area contributed by atoms with Crippen molar-refractivity contribution in [2.24, 2.45) is 0 Å². The summed E-state index contributed by atoms with van der Waals surface area (Å²) in [5.74, 6) is 0. The van der Waals surface area contributed by atoms with Gasteiger partial charge in [-0.1, -0.05) is 0 Å². The monoisotopic (exact) mass is 810 g/mol. The van der Waals surface area contributed by atoms with E-state index >= 15 is 0 Å². The van der Waals surface area contributed by atoms with Crippen LogP contribution in [-0.2, 0) is 40.8 Å². The summed E-state index contributed by atoms with van der Waals surface area (Å²) in [4.78, 5) is 0. The minimum absolute atomic E-state index is 0.321. The average Bonchev–Trinajstić information content (AvgIpc) is 2.47. The van der Waals surface area contributed by atoms with E-state index in [0.717, 1.165) is 0 Å². The van der Waals surface area contributed by atoms with Crippen LogP contribution in [-0.4, -0.2) is 83.2 Å². The van der Waals surface area contributed by atoms with E-state index in [4.69, 9.17) is 27.1 Å². The molecule has 0 aliphatic rings. The van der Waals surface area contributed by atoms with Gasteiger partial charge in [0.1, 0.15) is 0 Å². The van der Waals surface area contributed by atoms with E-state index in [9.17, 15) is 13.7 Å². The Morgan fingerprint density at radius 1 is 0.412 bits per heavy atom. The minimum atomic E-state index is -3.50. The molecule has 0 N–H and O–H groups in total. The predicted octanol–water partition coefficient (Wildman–Crippen LogP) is 5.96. The van der Waals surface area contributed by atoms with Gasteiger partial charge >= 0.3 is 226 Å². The van der Waals surface area contributed by atoms with Gasteiger partial charge in [0, 0.05) is 0 Å². The molecule has 0 radical (unpaired) electrons. The van der Waals surface area contributed by atoms with Crippen molar-refractivity contribution in [2.75, 3.05) is 0 Å². The molecule has 0 aromatic carbocycles. The molecule has 0 heterocycles. The first-order valence-corrected chi connectivity index (χ1v) is 36.6. The zero-order valence-corrected chi connectivity index (χ0v) is 31.9. The SMILES string of the molecule is CC(C)OP(=O)(OC(C)C)[Se][As]([Se]P(=O)(OC(C)C)OC(C)C)[Se]P(=O)(OC(C)C)OC(C)C. The average molecular weight is 807 g/mol. The van der Waals surface area contributed by atoms with Gasteiger partial charge in [-0.05, 0) is 0 Å². The van der Waals surface area contributed by atoms with Crippen LogP contribution in [0.1, 0.15) is 83.1 Å². The van der Waals surface area contributed by atoms with Crippen molar-refractivity contribution in [1.82, 2.24) is 0 Å². The Labute approximate surface area is 224 Å². The number of hydrogen-bond acceptors (Lipinski definition) is 9. The quantitative estimate of drug-likeness (QED) is 0.123. The summed E-state index contributed by atoms with van der Waals surface area (Å²) in [5, 5.41) is 0. The summed E-state index contributed by atoms with van der Waals surface area (Å²) in [5.41, 5.74) is 0. The zero-order chi connectivity index (χ0) is 26.9. The molecular weight excluding hydrogens is 765 g/mol. The molecule has 0 rings (SSSR count). The van der Waals surface area contributed by atoms with Crippen LogP contribution in [0.3, 0.4) is 0 Å². The molecule has 206 valence electrons. The van der Waals surface area contributed by atoms with Crippen LogP contribution >= 0.6 is 18.9 Å². The van der Waals surface area contributed by atoms with Crippen molar-refractivity contribution in [2.45, 2.75) is 120 Å². The van der Waals surface area contributed by atoms with Gasteiger partial charge in [0.15, 0.2) is 0 Å². The second kappa shape index (κ2) is 16.6. The first-order valence-electron chi connectivity index (χ1n) is 11.1. The van der Waals surface area contributed by atoms with E-state index in [1.165, 1.54) is 0 Å². The van der Waals surface area contributed by atoms with Gasteiger partial charge in [-0.25, -0.2) is 0 Å². The topological polar surface area (TPSA) is 107 Å². The van der Waals surface area contributed by atoms with Crippen molar-refractivity contribution < 1.29 is 40.8 Å². The van der Waals surface area contributed by atoms with Crippen molar-refractivity contribution in [3.8, 4) is 0 Å². The molecule has 0 amide bonds. The molecular formula is C18H42AsO9P3Se3. The predicted molar refractivity (Wildman–Crippen MR) is 143 cm³/mol. The van der Waals surface area contributed by atoms with Gasteiger partial charge < -0.3 is 0 Å². The van der Waals surface area contributed by atoms with Crippen molar-refractivity contribution >= 4 is 65.4 Å². The van der Waals surface area contributed by atoms with Crippen LogP contribution < -0.4 is 0 Å². The van der Waals surface area contributed by atoms with E-state index in [2.05, 4.69) is 0 Å². The number of rotatable bonds is 18. The Bertz CT molecular complexity index is 602. The molecule has 9 nitrogen and oxygen atoms in total. The van der Waals surface area contributed by atoms with Crippen molar-refractivity contribution in [1.29, 1.82) is 0 Å². The van der Waals surface area contributed by atoms with E-state index in [-0.39, 0.29) is 36.6 Å². The van der Waals surface area contributed by atoms with Gasteiger partial charge in [-0.3, -0.25) is 0 Å². The Morgan fingerprint density at radius 3 is 0.676 bits per heavy atom. The summed E-state index contributed by atoms with van der Waals surface area (Å²) in [6, 6.07) is 0. The Kier molecular flexibility index (Phi) is 17.9. The molecule has 0 aliphatic heterocycles. The Balaban J connectivity index is 6.36. The molecule has 0 fully saturated rings. The molecule has 0 aromatic heterocycles. The van der Waals surface area contributed by atoms with E-state index in [0.29, 0.717) is 0 Å². The molecule has 16 heteroatoms. The third-order valence-electron chi connectivity index (χ3n) is 2.54. The first-order chi connectivity index (χ1) is 15.3. The van der Waals surface area contributed by atoms with E-state index in [1.807, 2.05) is 0 Å².